The van der Waals surface area contributed by atoms with E-state index in [1.54, 1.807) is 4.90 Å². The first-order valence-electron chi connectivity index (χ1n) is 7.77. The molecule has 3 N–H and O–H groups in total. The fraction of sp³-hybridized carbons (Fsp3) is 0.588. The van der Waals surface area contributed by atoms with E-state index in [2.05, 4.69) is 11.8 Å². The molecule has 1 aliphatic heterocycles. The summed E-state index contributed by atoms with van der Waals surface area (Å²) in [5, 5.41) is 9.64. The standard InChI is InChI=1S/C17H27N3O2/c1-16(2,3)20(15(21)22)17(4)9-11-19(12-10-17)14-7-5-13(18)6-8-14/h5-8H,9-12,18H2,1-4H3,(H,21,22). The monoisotopic (exact) mass is 305 g/mol. The largest absolute Gasteiger partial charge is 0.465 e. The molecule has 0 saturated carbocycles. The van der Waals surface area contributed by atoms with E-state index in [4.69, 9.17) is 5.73 Å². The van der Waals surface area contributed by atoms with Crippen molar-refractivity contribution in [3.8, 4) is 0 Å². The first kappa shape index (κ1) is 16.5. The van der Waals surface area contributed by atoms with Gasteiger partial charge < -0.3 is 15.7 Å². The van der Waals surface area contributed by atoms with Gasteiger partial charge in [0.05, 0.1) is 0 Å². The van der Waals surface area contributed by atoms with Crippen LogP contribution in [0, 0.1) is 0 Å². The summed E-state index contributed by atoms with van der Waals surface area (Å²) in [4.78, 5) is 15.7. The Balaban J connectivity index is 2.12. The highest BCUT2D eigenvalue weighted by atomic mass is 16.4. The lowest BCUT2D eigenvalue weighted by molar-refractivity contribution is 0.0118. The van der Waals surface area contributed by atoms with Crippen LogP contribution in [0.1, 0.15) is 40.5 Å². The summed E-state index contributed by atoms with van der Waals surface area (Å²) in [6.45, 7) is 9.63. The van der Waals surface area contributed by atoms with E-state index in [1.165, 1.54) is 0 Å². The fourth-order valence-electron chi connectivity index (χ4n) is 3.48. The molecule has 0 aromatic heterocycles. The summed E-state index contributed by atoms with van der Waals surface area (Å²) in [6, 6.07) is 7.86. The van der Waals surface area contributed by atoms with Crippen LogP contribution in [0.15, 0.2) is 24.3 Å². The highest BCUT2D eigenvalue weighted by Crippen LogP contribution is 2.35. The first-order chi connectivity index (χ1) is 10.1. The molecule has 1 amide bonds. The number of anilines is 2. The predicted molar refractivity (Wildman–Crippen MR) is 90.3 cm³/mol. The third-order valence-corrected chi connectivity index (χ3v) is 4.50. The van der Waals surface area contributed by atoms with E-state index in [1.807, 2.05) is 45.0 Å². The van der Waals surface area contributed by atoms with Crippen LogP contribution in [0.25, 0.3) is 0 Å². The number of benzene rings is 1. The number of amides is 1. The van der Waals surface area contributed by atoms with Crippen molar-refractivity contribution in [2.45, 2.75) is 51.6 Å². The first-order valence-corrected chi connectivity index (χ1v) is 7.77. The van der Waals surface area contributed by atoms with Crippen LogP contribution in [0.2, 0.25) is 0 Å². The van der Waals surface area contributed by atoms with Gasteiger partial charge in [0, 0.05) is 35.5 Å². The Morgan fingerprint density at radius 2 is 1.73 bits per heavy atom. The topological polar surface area (TPSA) is 69.8 Å². The third kappa shape index (κ3) is 3.29. The number of carbonyl (C=O) groups is 1. The molecule has 0 bridgehead atoms. The molecule has 1 saturated heterocycles. The number of piperidine rings is 1. The number of hydrogen-bond acceptors (Lipinski definition) is 3. The lowest BCUT2D eigenvalue weighted by Crippen LogP contribution is -2.61. The molecule has 1 heterocycles. The summed E-state index contributed by atoms with van der Waals surface area (Å²) < 4.78 is 0. The van der Waals surface area contributed by atoms with Gasteiger partial charge in [-0.25, -0.2) is 4.79 Å². The zero-order valence-electron chi connectivity index (χ0n) is 14.0. The summed E-state index contributed by atoms with van der Waals surface area (Å²) in [6.07, 6.45) is 0.804. The van der Waals surface area contributed by atoms with Crippen molar-refractivity contribution in [1.29, 1.82) is 0 Å². The van der Waals surface area contributed by atoms with Crippen LogP contribution in [0.3, 0.4) is 0 Å². The number of hydrogen-bond donors (Lipinski definition) is 2. The Kier molecular flexibility index (Phi) is 4.27. The number of nitrogens with two attached hydrogens (primary N) is 1. The van der Waals surface area contributed by atoms with E-state index in [0.717, 1.165) is 37.3 Å². The Morgan fingerprint density at radius 1 is 1.23 bits per heavy atom. The summed E-state index contributed by atoms with van der Waals surface area (Å²) in [7, 11) is 0. The van der Waals surface area contributed by atoms with E-state index >= 15 is 0 Å². The van der Waals surface area contributed by atoms with Gasteiger partial charge in [0.15, 0.2) is 0 Å². The van der Waals surface area contributed by atoms with Crippen LogP contribution >= 0.6 is 0 Å². The molecule has 0 unspecified atom stereocenters. The summed E-state index contributed by atoms with van der Waals surface area (Å²) in [5.74, 6) is 0. The zero-order chi connectivity index (χ0) is 16.5. The molecule has 0 aliphatic carbocycles. The molecule has 1 aromatic carbocycles. The van der Waals surface area contributed by atoms with Crippen LogP contribution in [-0.2, 0) is 0 Å². The molecular formula is C17H27N3O2. The normalized spacial score (nSPS) is 18.1. The van der Waals surface area contributed by atoms with Gasteiger partial charge in [-0.15, -0.1) is 0 Å². The molecule has 0 radical (unpaired) electrons. The van der Waals surface area contributed by atoms with Crippen molar-refractivity contribution in [1.82, 2.24) is 4.90 Å². The van der Waals surface area contributed by atoms with Crippen LogP contribution in [0.4, 0.5) is 16.2 Å². The highest BCUT2D eigenvalue weighted by molar-refractivity contribution is 5.67. The second-order valence-corrected chi connectivity index (χ2v) is 7.36. The van der Waals surface area contributed by atoms with Crippen molar-refractivity contribution >= 4 is 17.5 Å². The van der Waals surface area contributed by atoms with E-state index < -0.39 is 11.6 Å². The average molecular weight is 305 g/mol. The third-order valence-electron chi connectivity index (χ3n) is 4.50. The van der Waals surface area contributed by atoms with Crippen molar-refractivity contribution in [2.75, 3.05) is 23.7 Å². The van der Waals surface area contributed by atoms with Gasteiger partial charge in [0.2, 0.25) is 0 Å². The van der Waals surface area contributed by atoms with Gasteiger partial charge in [-0.1, -0.05) is 0 Å². The maximum absolute atomic E-state index is 11.7. The van der Waals surface area contributed by atoms with Gasteiger partial charge in [-0.2, -0.15) is 0 Å². The van der Waals surface area contributed by atoms with Gasteiger partial charge in [-0.3, -0.25) is 4.90 Å². The molecule has 5 heteroatoms. The van der Waals surface area contributed by atoms with Crippen molar-refractivity contribution in [3.63, 3.8) is 0 Å². The maximum Gasteiger partial charge on any atom is 0.408 e. The number of carboxylic acid groups (broad SMARTS) is 1. The zero-order valence-corrected chi connectivity index (χ0v) is 14.0. The quantitative estimate of drug-likeness (QED) is 0.822. The lowest BCUT2D eigenvalue weighted by atomic mass is 9.84. The molecule has 2 rings (SSSR count). The van der Waals surface area contributed by atoms with Crippen molar-refractivity contribution in [2.24, 2.45) is 0 Å². The molecule has 0 spiro atoms. The van der Waals surface area contributed by atoms with Crippen LogP contribution < -0.4 is 10.6 Å². The maximum atomic E-state index is 11.7. The molecule has 1 aromatic rings. The second-order valence-electron chi connectivity index (χ2n) is 7.36. The predicted octanol–water partition coefficient (Wildman–Crippen LogP) is 3.41. The summed E-state index contributed by atoms with van der Waals surface area (Å²) in [5.41, 5.74) is 6.91. The number of rotatable bonds is 2. The molecule has 22 heavy (non-hydrogen) atoms. The molecule has 5 nitrogen and oxygen atoms in total. The summed E-state index contributed by atoms with van der Waals surface area (Å²) >= 11 is 0. The highest BCUT2D eigenvalue weighted by Gasteiger charge is 2.43. The number of nitrogens with zero attached hydrogens (tertiary/aromatic N) is 2. The Hall–Kier alpha value is -1.91. The molecule has 0 atom stereocenters. The van der Waals surface area contributed by atoms with Gasteiger partial charge in [0.1, 0.15) is 0 Å². The van der Waals surface area contributed by atoms with E-state index in [-0.39, 0.29) is 5.54 Å². The minimum atomic E-state index is -0.837. The SMILES string of the molecule is CC(C)(C)N(C(=O)O)C1(C)CCN(c2ccc(N)cc2)CC1. The Labute approximate surface area is 132 Å². The minimum Gasteiger partial charge on any atom is -0.465 e. The van der Waals surface area contributed by atoms with Gasteiger partial charge >= 0.3 is 6.09 Å². The Morgan fingerprint density at radius 3 is 2.14 bits per heavy atom. The number of nitrogen functional groups attached to an aromatic ring is 1. The molecule has 1 aliphatic rings. The smallest absolute Gasteiger partial charge is 0.408 e. The van der Waals surface area contributed by atoms with Gasteiger partial charge in [0.25, 0.3) is 0 Å². The lowest BCUT2D eigenvalue weighted by Gasteiger charge is -2.51. The average Bonchev–Trinajstić information content (AvgIpc) is 2.38. The molecular weight excluding hydrogens is 278 g/mol. The van der Waals surface area contributed by atoms with Crippen LogP contribution in [0.5, 0.6) is 0 Å². The van der Waals surface area contributed by atoms with E-state index in [0.29, 0.717) is 0 Å². The fourth-order valence-corrected chi connectivity index (χ4v) is 3.48. The van der Waals surface area contributed by atoms with Crippen molar-refractivity contribution in [3.05, 3.63) is 24.3 Å². The van der Waals surface area contributed by atoms with E-state index in [9.17, 15) is 9.90 Å². The Bertz CT molecular complexity index is 526. The minimum absolute atomic E-state index is 0.325. The molecule has 122 valence electrons. The van der Waals surface area contributed by atoms with Crippen LogP contribution in [-0.4, -0.2) is 40.3 Å². The van der Waals surface area contributed by atoms with Crippen molar-refractivity contribution < 1.29 is 9.90 Å². The molecule has 1 fully saturated rings. The van der Waals surface area contributed by atoms with Gasteiger partial charge in [-0.05, 0) is 64.8 Å². The second kappa shape index (κ2) is 5.71.